The van der Waals surface area contributed by atoms with Gasteiger partial charge in [0.15, 0.2) is 0 Å². The molecule has 26 rings (SSSR count). The van der Waals surface area contributed by atoms with Crippen LogP contribution in [0.3, 0.4) is 0 Å². The second-order valence-corrected chi connectivity index (χ2v) is 17.7. The summed E-state index contributed by atoms with van der Waals surface area (Å²) >= 11 is 0. The fourth-order valence-electron chi connectivity index (χ4n) is 8.59. The Morgan fingerprint density at radius 3 is 0.647 bits per heavy atom. The van der Waals surface area contributed by atoms with Gasteiger partial charge in [0.2, 0.25) is 25.3 Å². The van der Waals surface area contributed by atoms with Crippen molar-refractivity contribution in [2.45, 2.75) is 52.4 Å². The standard InChI is InChI=1S/C56H52N12/c1-2-46-4-3-45(1)33-61-25-29-65(41-61)37-49-9-17-53(18-10-49)57-59-55-21-13-51(14-22-55)39-67-31-27-63(43-67)35-47-5-7-48(8-6-47)36-64-28-32-68(44-64)40-52-15-23-56(24-16-52)60-58-54-19-11-50(12-20-54)38-66-30-26-62(34-46)42-66/h1-32,41-44H,33-40H2/q+4. The molecule has 12 heteroatoms. The van der Waals surface area contributed by atoms with Crippen molar-refractivity contribution < 1.29 is 18.3 Å². The van der Waals surface area contributed by atoms with E-state index in [1.807, 2.05) is 48.5 Å². The molecule has 20 bridgehead atoms. The van der Waals surface area contributed by atoms with Crippen LogP contribution in [0.5, 0.6) is 0 Å². The van der Waals surface area contributed by atoms with Gasteiger partial charge in [-0.15, -0.1) is 0 Å². The summed E-state index contributed by atoms with van der Waals surface area (Å²) in [6, 6.07) is 51.0. The molecule has 6 aromatic carbocycles. The molecule has 16 aliphatic rings. The molecule has 4 aromatic heterocycles. The molecule has 0 aliphatic carbocycles. The minimum Gasteiger partial charge on any atom is -0.233 e. The summed E-state index contributed by atoms with van der Waals surface area (Å²) < 4.78 is 17.7. The van der Waals surface area contributed by atoms with Crippen molar-refractivity contribution in [1.29, 1.82) is 0 Å². The normalized spacial score (nSPS) is 13.3. The van der Waals surface area contributed by atoms with Gasteiger partial charge >= 0.3 is 0 Å². The van der Waals surface area contributed by atoms with Gasteiger partial charge < -0.3 is 0 Å². The molecular formula is C56H52N12+4. The second-order valence-electron chi connectivity index (χ2n) is 17.7. The lowest BCUT2D eigenvalue weighted by Crippen LogP contribution is -2.31. The highest BCUT2D eigenvalue weighted by atomic mass is 15.1. The van der Waals surface area contributed by atoms with Gasteiger partial charge in [-0.05, 0) is 93.0 Å². The molecule has 16 aliphatic heterocycles. The Morgan fingerprint density at radius 1 is 0.250 bits per heavy atom. The maximum Gasteiger partial charge on any atom is 0.244 e. The summed E-state index contributed by atoms with van der Waals surface area (Å²) in [5, 5.41) is 18.1. The maximum atomic E-state index is 4.52. The molecule has 0 amide bonds. The zero-order valence-electron chi connectivity index (χ0n) is 37.8. The zero-order chi connectivity index (χ0) is 45.5. The molecule has 0 spiro atoms. The summed E-state index contributed by atoms with van der Waals surface area (Å²) in [7, 11) is 0. The smallest absolute Gasteiger partial charge is 0.233 e. The summed E-state index contributed by atoms with van der Waals surface area (Å²) in [5.41, 5.74) is 13.2. The van der Waals surface area contributed by atoms with Crippen molar-refractivity contribution in [2.24, 2.45) is 20.5 Å². The fourth-order valence-corrected chi connectivity index (χ4v) is 8.59. The molecule has 68 heavy (non-hydrogen) atoms. The first kappa shape index (κ1) is 42.0. The van der Waals surface area contributed by atoms with Crippen molar-refractivity contribution >= 4 is 22.7 Å². The first-order valence-electron chi connectivity index (χ1n) is 23.0. The average Bonchev–Trinajstić information content (AvgIpc) is 4.21. The van der Waals surface area contributed by atoms with Crippen molar-refractivity contribution in [2.75, 3.05) is 0 Å². The van der Waals surface area contributed by atoms with E-state index >= 15 is 0 Å². The number of imidazole rings is 4. The van der Waals surface area contributed by atoms with Crippen molar-refractivity contribution in [3.63, 3.8) is 0 Å². The molecule has 0 radical (unpaired) electrons. The number of hydrogen-bond donors (Lipinski definition) is 0. The molecule has 332 valence electrons. The van der Waals surface area contributed by atoms with Crippen LogP contribution in [0.2, 0.25) is 0 Å². The number of aromatic nitrogens is 8. The summed E-state index contributed by atoms with van der Waals surface area (Å²) in [4.78, 5) is 0. The monoisotopic (exact) mass is 892 g/mol. The number of nitrogens with zero attached hydrogens (tertiary/aromatic N) is 12. The molecular weight excluding hydrogens is 841 g/mol. The molecule has 20 heterocycles. The van der Waals surface area contributed by atoms with Crippen LogP contribution in [0.15, 0.2) is 241 Å². The highest BCUT2D eigenvalue weighted by molar-refractivity contribution is 5.43. The lowest BCUT2D eigenvalue weighted by atomic mass is 10.1. The Balaban J connectivity index is 0.771. The third-order valence-electron chi connectivity index (χ3n) is 12.3. The molecule has 10 aromatic rings. The number of benzene rings is 6. The summed E-state index contributed by atoms with van der Waals surface area (Å²) in [5.74, 6) is 0. The molecule has 0 saturated heterocycles. The van der Waals surface area contributed by atoms with Crippen molar-refractivity contribution in [1.82, 2.24) is 18.3 Å². The molecule has 0 saturated carbocycles. The molecule has 12 nitrogen and oxygen atoms in total. The van der Waals surface area contributed by atoms with Gasteiger partial charge in [0, 0.05) is 0 Å². The summed E-state index contributed by atoms with van der Waals surface area (Å²) in [6.45, 7) is 6.33. The van der Waals surface area contributed by atoms with Gasteiger partial charge in [-0.2, -0.15) is 20.5 Å². The Bertz CT molecular complexity index is 2850. The molecule has 0 unspecified atom stereocenters. The number of rotatable bonds is 0. The van der Waals surface area contributed by atoms with Crippen LogP contribution in [0, 0.1) is 0 Å². The van der Waals surface area contributed by atoms with E-state index in [2.05, 4.69) is 229 Å². The van der Waals surface area contributed by atoms with E-state index in [9.17, 15) is 0 Å². The minimum absolute atomic E-state index is 0.776. The van der Waals surface area contributed by atoms with Crippen LogP contribution in [-0.4, -0.2) is 18.3 Å². The van der Waals surface area contributed by atoms with Gasteiger partial charge in [0.05, 0.1) is 22.7 Å². The zero-order valence-corrected chi connectivity index (χ0v) is 37.8. The predicted octanol–water partition coefficient (Wildman–Crippen LogP) is 9.57. The first-order chi connectivity index (χ1) is 33.5. The van der Waals surface area contributed by atoms with Crippen LogP contribution >= 0.6 is 0 Å². The maximum absolute atomic E-state index is 4.52. The Labute approximate surface area is 395 Å². The van der Waals surface area contributed by atoms with E-state index in [4.69, 9.17) is 0 Å². The lowest BCUT2D eigenvalue weighted by Gasteiger charge is -2.02. The van der Waals surface area contributed by atoms with E-state index in [1.54, 1.807) is 0 Å². The van der Waals surface area contributed by atoms with Crippen molar-refractivity contribution in [3.8, 4) is 0 Å². The van der Waals surface area contributed by atoms with Crippen LogP contribution in [0.4, 0.5) is 22.7 Å². The van der Waals surface area contributed by atoms with E-state index in [-0.39, 0.29) is 0 Å². The van der Waals surface area contributed by atoms with Gasteiger partial charge in [-0.25, -0.2) is 36.5 Å². The Morgan fingerprint density at radius 2 is 0.441 bits per heavy atom. The first-order valence-corrected chi connectivity index (χ1v) is 23.0. The molecule has 0 N–H and O–H groups in total. The molecule has 0 atom stereocenters. The minimum atomic E-state index is 0.776. The highest BCUT2D eigenvalue weighted by Crippen LogP contribution is 2.21. The van der Waals surface area contributed by atoms with Gasteiger partial charge in [0.25, 0.3) is 0 Å². The van der Waals surface area contributed by atoms with E-state index < -0.39 is 0 Å². The Kier molecular flexibility index (Phi) is 12.0. The third kappa shape index (κ3) is 10.9. The van der Waals surface area contributed by atoms with E-state index in [1.165, 1.54) is 44.5 Å². The predicted molar refractivity (Wildman–Crippen MR) is 258 cm³/mol. The highest BCUT2D eigenvalue weighted by Gasteiger charge is 2.12. The van der Waals surface area contributed by atoms with Crippen LogP contribution in [0.1, 0.15) is 44.5 Å². The number of hydrogen-bond acceptors (Lipinski definition) is 4. The van der Waals surface area contributed by atoms with Gasteiger partial charge in [-0.1, -0.05) is 97.1 Å². The van der Waals surface area contributed by atoms with Crippen molar-refractivity contribution in [3.05, 3.63) is 265 Å². The third-order valence-corrected chi connectivity index (χ3v) is 12.3. The second kappa shape index (κ2) is 19.4. The van der Waals surface area contributed by atoms with Crippen LogP contribution in [-0.2, 0) is 52.4 Å². The van der Waals surface area contributed by atoms with Crippen LogP contribution < -0.4 is 18.3 Å². The van der Waals surface area contributed by atoms with Crippen LogP contribution in [0.25, 0.3) is 0 Å². The van der Waals surface area contributed by atoms with Gasteiger partial charge in [-0.3, -0.25) is 0 Å². The average molecular weight is 893 g/mol. The summed E-state index contributed by atoms with van der Waals surface area (Å²) in [6.07, 6.45) is 25.7. The van der Waals surface area contributed by atoms with Gasteiger partial charge in [0.1, 0.15) is 102 Å². The SMILES string of the molecule is c1cc2ccc1Cn1cc[n+](c1)Cc1ccc(cc1)N=Nc1ccc(cc1)C[n+]1ccn(c1)Cc1ccc(cc1)Cn1cc[n+](c1)Cc1ccc(cc1)N=Nc1ccc(cc1)C[n+]1ccn(c1)C2. The topological polar surface area (TPSA) is 84.7 Å². The Hall–Kier alpha value is -8.64. The fraction of sp³-hybridized carbons (Fsp3) is 0.143. The van der Waals surface area contributed by atoms with E-state index in [0.29, 0.717) is 0 Å². The largest absolute Gasteiger partial charge is 0.244 e. The van der Waals surface area contributed by atoms with E-state index in [0.717, 1.165) is 75.1 Å². The molecule has 0 fully saturated rings. The quantitative estimate of drug-likeness (QED) is 0.136. The number of azo groups is 2. The lowest BCUT2D eigenvalue weighted by molar-refractivity contribution is -0.688.